The Morgan fingerprint density at radius 2 is 1.17 bits per heavy atom. The van der Waals surface area contributed by atoms with Crippen molar-refractivity contribution in [2.24, 2.45) is 0 Å². The molecule has 0 saturated heterocycles. The Morgan fingerprint density at radius 1 is 0.759 bits per heavy atom. The Morgan fingerprint density at radius 3 is 1.55 bits per heavy atom. The van der Waals surface area contributed by atoms with Gasteiger partial charge in [0.05, 0.1) is 0 Å². The van der Waals surface area contributed by atoms with E-state index in [0.29, 0.717) is 12.8 Å². The highest BCUT2D eigenvalue weighted by Crippen LogP contribution is 2.13. The van der Waals surface area contributed by atoms with Crippen LogP contribution in [0.15, 0.2) is 0 Å². The molecule has 0 rings (SSSR count). The van der Waals surface area contributed by atoms with Crippen molar-refractivity contribution < 1.29 is 19.4 Å². The number of ether oxygens (including phenoxy) is 1. The number of unbranched alkanes of at least 4 members (excludes halogenated alkanes) is 14. The van der Waals surface area contributed by atoms with Crippen molar-refractivity contribution in [1.29, 1.82) is 0 Å². The van der Waals surface area contributed by atoms with Crippen LogP contribution in [0.2, 0.25) is 0 Å². The molecule has 2 atom stereocenters. The van der Waals surface area contributed by atoms with Crippen molar-refractivity contribution in [2.45, 2.75) is 142 Å². The van der Waals surface area contributed by atoms with E-state index in [1.807, 2.05) is 6.92 Å². The summed E-state index contributed by atoms with van der Waals surface area (Å²) in [4.78, 5) is 23.3. The molecule has 0 aromatic rings. The first-order valence-electron chi connectivity index (χ1n) is 12.2. The second-order valence-corrected chi connectivity index (χ2v) is 8.28. The van der Waals surface area contributed by atoms with E-state index in [1.54, 1.807) is 0 Å². The fraction of sp³-hybridized carbons (Fsp3) is 0.917. The summed E-state index contributed by atoms with van der Waals surface area (Å²) in [7, 11) is 0. The molecule has 0 aromatic carbocycles. The lowest BCUT2D eigenvalue weighted by molar-refractivity contribution is -0.161. The van der Waals surface area contributed by atoms with Crippen LogP contribution in [0.3, 0.4) is 0 Å². The molecular formula is C24H47NO4. The molecule has 1 amide bonds. The fourth-order valence-corrected chi connectivity index (χ4v) is 3.36. The van der Waals surface area contributed by atoms with Gasteiger partial charge < -0.3 is 15.2 Å². The third-order valence-corrected chi connectivity index (χ3v) is 5.30. The molecule has 0 aliphatic carbocycles. The topological polar surface area (TPSA) is 75.6 Å². The number of carbonyl (C=O) groups excluding carboxylic acids is 2. The minimum atomic E-state index is -1.17. The molecule has 0 aliphatic rings. The number of hydrogen-bond donors (Lipinski definition) is 2. The molecule has 0 heterocycles. The molecule has 2 N–H and O–H groups in total. The van der Waals surface area contributed by atoms with Gasteiger partial charge in [0.1, 0.15) is 6.10 Å². The molecule has 5 heteroatoms. The maximum Gasteiger partial charge on any atom is 0.336 e. The zero-order chi connectivity index (χ0) is 21.7. The molecule has 0 fully saturated rings. The highest BCUT2D eigenvalue weighted by Gasteiger charge is 2.18. The molecule has 0 radical (unpaired) electrons. The van der Waals surface area contributed by atoms with E-state index in [2.05, 4.69) is 12.2 Å². The normalized spacial score (nSPS) is 13.1. The summed E-state index contributed by atoms with van der Waals surface area (Å²) in [6.07, 6.45) is 18.6. The van der Waals surface area contributed by atoms with Crippen LogP contribution in [0, 0.1) is 0 Å². The third kappa shape index (κ3) is 18.7. The number of amides is 1. The Hall–Kier alpha value is -1.10. The van der Waals surface area contributed by atoms with E-state index in [1.165, 1.54) is 90.4 Å². The van der Waals surface area contributed by atoms with Crippen LogP contribution in [0.4, 0.5) is 0 Å². The first kappa shape index (κ1) is 27.9. The van der Waals surface area contributed by atoms with Gasteiger partial charge in [-0.05, 0) is 13.3 Å². The van der Waals surface area contributed by atoms with Crippen molar-refractivity contribution in [2.75, 3.05) is 0 Å². The Labute approximate surface area is 179 Å². The fourth-order valence-electron chi connectivity index (χ4n) is 3.36. The van der Waals surface area contributed by atoms with Gasteiger partial charge in [-0.15, -0.1) is 0 Å². The monoisotopic (exact) mass is 413 g/mol. The van der Waals surface area contributed by atoms with Gasteiger partial charge in [-0.3, -0.25) is 4.79 Å². The maximum atomic E-state index is 11.9. The number of nitrogens with one attached hydrogen (secondary N) is 1. The molecule has 0 spiro atoms. The van der Waals surface area contributed by atoms with Gasteiger partial charge in [-0.2, -0.15) is 0 Å². The van der Waals surface area contributed by atoms with Crippen molar-refractivity contribution >= 4 is 11.9 Å². The van der Waals surface area contributed by atoms with Gasteiger partial charge in [-0.1, -0.05) is 104 Å². The van der Waals surface area contributed by atoms with Crippen molar-refractivity contribution in [3.8, 4) is 0 Å². The van der Waals surface area contributed by atoms with Gasteiger partial charge in [0.15, 0.2) is 6.23 Å². The predicted molar refractivity (Wildman–Crippen MR) is 120 cm³/mol. The van der Waals surface area contributed by atoms with Gasteiger partial charge in [0.2, 0.25) is 5.91 Å². The molecule has 29 heavy (non-hydrogen) atoms. The number of hydrogen-bond acceptors (Lipinski definition) is 4. The quantitative estimate of drug-likeness (QED) is 0.145. The van der Waals surface area contributed by atoms with Crippen LogP contribution in [0.1, 0.15) is 130 Å². The summed E-state index contributed by atoms with van der Waals surface area (Å²) in [6.45, 7) is 5.45. The molecular weight excluding hydrogens is 366 g/mol. The van der Waals surface area contributed by atoms with Crippen LogP contribution >= 0.6 is 0 Å². The van der Waals surface area contributed by atoms with Crippen molar-refractivity contribution in [1.82, 2.24) is 5.32 Å². The molecule has 2 unspecified atom stereocenters. The Kier molecular flexibility index (Phi) is 19.4. The number of rotatable bonds is 20. The van der Waals surface area contributed by atoms with Crippen LogP contribution in [0.25, 0.3) is 0 Å². The summed E-state index contributed by atoms with van der Waals surface area (Å²) in [5, 5.41) is 11.9. The Balaban J connectivity index is 3.43. The van der Waals surface area contributed by atoms with Gasteiger partial charge in [0, 0.05) is 12.8 Å². The predicted octanol–water partition coefficient (Wildman–Crippen LogP) is 6.02. The van der Waals surface area contributed by atoms with Crippen LogP contribution < -0.4 is 5.32 Å². The van der Waals surface area contributed by atoms with E-state index in [4.69, 9.17) is 9.84 Å². The van der Waals surface area contributed by atoms with E-state index in [-0.39, 0.29) is 5.91 Å². The molecule has 0 bridgehead atoms. The minimum Gasteiger partial charge on any atom is -0.440 e. The summed E-state index contributed by atoms with van der Waals surface area (Å²) in [5.41, 5.74) is 0. The summed E-state index contributed by atoms with van der Waals surface area (Å²) in [6, 6.07) is 0. The zero-order valence-corrected chi connectivity index (χ0v) is 19.3. The lowest BCUT2D eigenvalue weighted by Crippen LogP contribution is -2.39. The smallest absolute Gasteiger partial charge is 0.336 e. The molecule has 5 nitrogen and oxygen atoms in total. The van der Waals surface area contributed by atoms with Crippen LogP contribution in [0.5, 0.6) is 0 Å². The average molecular weight is 414 g/mol. The zero-order valence-electron chi connectivity index (χ0n) is 19.3. The van der Waals surface area contributed by atoms with Crippen molar-refractivity contribution in [3.63, 3.8) is 0 Å². The second-order valence-electron chi connectivity index (χ2n) is 8.28. The summed E-state index contributed by atoms with van der Waals surface area (Å²) < 4.78 is 5.04. The Bertz CT molecular complexity index is 398. The minimum absolute atomic E-state index is 0.0927. The summed E-state index contributed by atoms with van der Waals surface area (Å²) >= 11 is 0. The van der Waals surface area contributed by atoms with Crippen molar-refractivity contribution in [3.05, 3.63) is 0 Å². The van der Waals surface area contributed by atoms with E-state index in [9.17, 15) is 9.59 Å². The SMILES string of the molecule is CCCCCCCCCCCCCCCCCC(=O)NC(CC)OC(=O)C(C)O. The first-order chi connectivity index (χ1) is 14.0. The molecule has 172 valence electrons. The largest absolute Gasteiger partial charge is 0.440 e. The van der Waals surface area contributed by atoms with E-state index >= 15 is 0 Å². The molecule has 0 saturated carbocycles. The standard InChI is InChI=1S/C24H47NO4/c1-4-6-7-8-9-10-11-12-13-14-15-16-17-18-19-20-22(27)25-23(5-2)29-24(28)21(3)26/h21,23,26H,4-20H2,1-3H3,(H,25,27). The highest BCUT2D eigenvalue weighted by molar-refractivity contribution is 5.77. The highest BCUT2D eigenvalue weighted by atomic mass is 16.6. The summed E-state index contributed by atoms with van der Waals surface area (Å²) in [5.74, 6) is -0.797. The van der Waals surface area contributed by atoms with Crippen LogP contribution in [-0.2, 0) is 14.3 Å². The van der Waals surface area contributed by atoms with Gasteiger partial charge in [0.25, 0.3) is 0 Å². The molecule has 0 aromatic heterocycles. The number of aliphatic hydroxyl groups is 1. The lowest BCUT2D eigenvalue weighted by atomic mass is 10.0. The third-order valence-electron chi connectivity index (χ3n) is 5.30. The lowest BCUT2D eigenvalue weighted by Gasteiger charge is -2.18. The van der Waals surface area contributed by atoms with Gasteiger partial charge in [-0.25, -0.2) is 4.79 Å². The van der Waals surface area contributed by atoms with E-state index in [0.717, 1.165) is 12.8 Å². The number of carbonyl (C=O) groups is 2. The second kappa shape index (κ2) is 20.2. The number of esters is 1. The maximum absolute atomic E-state index is 11.9. The first-order valence-corrected chi connectivity index (χ1v) is 12.2. The van der Waals surface area contributed by atoms with Crippen LogP contribution in [-0.4, -0.2) is 29.3 Å². The average Bonchev–Trinajstić information content (AvgIpc) is 2.70. The molecule has 0 aliphatic heterocycles. The van der Waals surface area contributed by atoms with E-state index < -0.39 is 18.3 Å². The number of aliphatic hydroxyl groups excluding tert-OH is 1. The van der Waals surface area contributed by atoms with Gasteiger partial charge >= 0.3 is 5.97 Å².